The predicted octanol–water partition coefficient (Wildman–Crippen LogP) is 24.0. The molecule has 0 aromatic carbocycles. The number of hydrogen-bond donors (Lipinski definition) is 1. The first kappa shape index (κ1) is 73.9. The van der Waals surface area contributed by atoms with Gasteiger partial charge < -0.3 is 18.9 Å². The minimum absolute atomic E-state index is 0.238. The molecule has 0 amide bonds. The van der Waals surface area contributed by atoms with Crippen molar-refractivity contribution < 1.29 is 18.9 Å². The highest BCUT2D eigenvalue weighted by molar-refractivity contribution is 7.81. The van der Waals surface area contributed by atoms with Gasteiger partial charge in [0.1, 0.15) is 25.2 Å². The summed E-state index contributed by atoms with van der Waals surface area (Å²) < 4.78 is 26.1. The predicted molar refractivity (Wildman–Crippen MR) is 347 cm³/mol. The molecule has 0 radical (unpaired) electrons. The molecule has 0 aliphatic heterocycles. The van der Waals surface area contributed by atoms with Crippen LogP contribution in [0.2, 0.25) is 0 Å². The quantitative estimate of drug-likeness (QED) is 0.0279. The van der Waals surface area contributed by atoms with Gasteiger partial charge in [0.05, 0.1) is 0 Å². The van der Waals surface area contributed by atoms with Crippen LogP contribution in [-0.4, -0.2) is 45.5 Å². The second-order valence-electron chi connectivity index (χ2n) is 22.7. The molecular weight excluding hydrogens is 1010 g/mol. The second kappa shape index (κ2) is 59.0. The van der Waals surface area contributed by atoms with Gasteiger partial charge in [-0.2, -0.15) is 0 Å². The van der Waals surface area contributed by atoms with E-state index in [1.807, 2.05) is 0 Å². The van der Waals surface area contributed by atoms with Crippen molar-refractivity contribution in [2.75, 3.05) is 19.8 Å². The van der Waals surface area contributed by atoms with Gasteiger partial charge in [-0.05, 0) is 74.6 Å². The van der Waals surface area contributed by atoms with E-state index in [-0.39, 0.29) is 19.8 Å². The van der Waals surface area contributed by atoms with Crippen molar-refractivity contribution in [2.24, 2.45) is 5.41 Å². The van der Waals surface area contributed by atoms with Gasteiger partial charge in [-0.15, -0.1) is 12.6 Å². The molecule has 0 aromatic rings. The zero-order valence-electron chi connectivity index (χ0n) is 49.7. The van der Waals surface area contributed by atoms with E-state index in [9.17, 15) is 0 Å². The maximum atomic E-state index is 6.57. The van der Waals surface area contributed by atoms with E-state index in [0.29, 0.717) is 20.2 Å². The summed E-state index contributed by atoms with van der Waals surface area (Å²) in [5, 5.41) is 2.45. The lowest BCUT2D eigenvalue weighted by atomic mass is 9.91. The third kappa shape index (κ3) is 51.4. The highest BCUT2D eigenvalue weighted by atomic mass is 32.1. The summed E-state index contributed by atoms with van der Waals surface area (Å²) in [6.07, 6.45) is 65.8. The first-order valence-electron chi connectivity index (χ1n) is 32.6. The molecule has 0 rings (SSSR count). The van der Waals surface area contributed by atoms with Gasteiger partial charge in [0, 0.05) is 25.7 Å². The normalized spacial score (nSPS) is 12.0. The molecule has 1 atom stereocenters. The second-order valence-corrected chi connectivity index (χ2v) is 25.0. The van der Waals surface area contributed by atoms with Crippen molar-refractivity contribution in [2.45, 2.75) is 367 Å². The molecule has 0 aliphatic rings. The smallest absolute Gasteiger partial charge is 0.161 e. The summed E-state index contributed by atoms with van der Waals surface area (Å²) in [6, 6.07) is 0. The molecule has 0 aliphatic carbocycles. The Morgan fingerprint density at radius 1 is 0.270 bits per heavy atom. The Hall–Kier alpha value is -0.0900. The molecule has 0 aromatic heterocycles. The highest BCUT2D eigenvalue weighted by Crippen LogP contribution is 2.32. The van der Waals surface area contributed by atoms with E-state index in [1.165, 1.54) is 276 Å². The Morgan fingerprint density at radius 2 is 0.432 bits per heavy atom. The van der Waals surface area contributed by atoms with E-state index in [4.69, 9.17) is 80.4 Å². The summed E-state index contributed by atoms with van der Waals surface area (Å²) in [5.74, 6) is 0. The number of unbranched alkanes of at least 4 members (excludes halogenated alkanes) is 44. The first-order chi connectivity index (χ1) is 36.2. The molecule has 9 heteroatoms. The van der Waals surface area contributed by atoms with Crippen molar-refractivity contribution in [1.82, 2.24) is 0 Å². The summed E-state index contributed by atoms with van der Waals surface area (Å²) >= 11 is 28.8. The lowest BCUT2D eigenvalue weighted by molar-refractivity contribution is -0.0298. The first-order valence-corrected chi connectivity index (χ1v) is 34.7. The average Bonchev–Trinajstić information content (AvgIpc) is 3.39. The topological polar surface area (TPSA) is 36.9 Å². The summed E-state index contributed by atoms with van der Waals surface area (Å²) in [7, 11) is 0. The zero-order chi connectivity index (χ0) is 54.1. The van der Waals surface area contributed by atoms with Crippen LogP contribution in [0.5, 0.6) is 0 Å². The third-order valence-corrected chi connectivity index (χ3v) is 17.2. The molecule has 0 saturated heterocycles. The molecule has 438 valence electrons. The van der Waals surface area contributed by atoms with Crippen LogP contribution in [0.4, 0.5) is 0 Å². The van der Waals surface area contributed by atoms with Gasteiger partial charge in [0.15, 0.2) is 25.6 Å². The van der Waals surface area contributed by atoms with Crippen molar-refractivity contribution in [1.29, 1.82) is 0 Å². The highest BCUT2D eigenvalue weighted by Gasteiger charge is 2.43. The average molecular weight is 1130 g/mol. The fraction of sp³-hybridized carbons (Fsp3) is 0.938. The molecule has 1 unspecified atom stereocenters. The third-order valence-electron chi connectivity index (χ3n) is 15.3. The van der Waals surface area contributed by atoms with Gasteiger partial charge in [-0.25, -0.2) is 0 Å². The van der Waals surface area contributed by atoms with Gasteiger partial charge in [-0.3, -0.25) is 0 Å². The van der Waals surface area contributed by atoms with Crippen LogP contribution < -0.4 is 0 Å². The number of thiocarbonyl (C=S) groups is 4. The fourth-order valence-electron chi connectivity index (χ4n) is 9.98. The number of rotatable bonds is 60. The Kier molecular flexibility index (Phi) is 59.0. The molecule has 0 N–H and O–H groups in total. The van der Waals surface area contributed by atoms with Crippen LogP contribution in [0.3, 0.4) is 0 Å². The minimum Gasteiger partial charge on any atom is -0.486 e. The molecule has 0 bridgehead atoms. The largest absolute Gasteiger partial charge is 0.486 e. The van der Waals surface area contributed by atoms with Crippen LogP contribution in [0, 0.1) is 5.41 Å². The fourth-order valence-corrected chi connectivity index (χ4v) is 11.3. The summed E-state index contributed by atoms with van der Waals surface area (Å²) in [4.78, 5) is 0. The minimum atomic E-state index is -0.842. The van der Waals surface area contributed by atoms with Crippen LogP contribution in [0.15, 0.2) is 0 Å². The summed E-state index contributed by atoms with van der Waals surface area (Å²) in [5.41, 5.74) is -1.49. The SMILES string of the molecule is CCCCCCCCCCCCCCC(=S)OCC(COC(=S)CCCCCCCCCCCCCC)(COC(=S)CCCCCCCCCCCCCC)C(S)OC(=S)CCCCCCCCCCCCCC. The van der Waals surface area contributed by atoms with Crippen LogP contribution >= 0.6 is 61.5 Å². The van der Waals surface area contributed by atoms with E-state index < -0.39 is 10.9 Å². The Labute approximate surface area is 489 Å². The van der Waals surface area contributed by atoms with Crippen LogP contribution in [-0.2, 0) is 18.9 Å². The van der Waals surface area contributed by atoms with Crippen molar-refractivity contribution in [3.05, 3.63) is 0 Å². The van der Waals surface area contributed by atoms with E-state index in [2.05, 4.69) is 27.7 Å². The lowest BCUT2D eigenvalue weighted by Gasteiger charge is -2.37. The van der Waals surface area contributed by atoms with Gasteiger partial charge in [-0.1, -0.05) is 310 Å². The molecular formula is C65H124O4S5. The lowest BCUT2D eigenvalue weighted by Crippen LogP contribution is -2.48. The zero-order valence-corrected chi connectivity index (χ0v) is 53.8. The van der Waals surface area contributed by atoms with Crippen molar-refractivity contribution in [3.8, 4) is 0 Å². The van der Waals surface area contributed by atoms with E-state index in [0.717, 1.165) is 57.8 Å². The van der Waals surface area contributed by atoms with Gasteiger partial charge >= 0.3 is 0 Å². The van der Waals surface area contributed by atoms with Crippen LogP contribution in [0.25, 0.3) is 0 Å². The van der Waals surface area contributed by atoms with Crippen LogP contribution in [0.1, 0.15) is 362 Å². The van der Waals surface area contributed by atoms with E-state index >= 15 is 0 Å². The molecule has 0 spiro atoms. The Morgan fingerprint density at radius 3 is 0.622 bits per heavy atom. The van der Waals surface area contributed by atoms with Gasteiger partial charge in [0.2, 0.25) is 0 Å². The maximum Gasteiger partial charge on any atom is 0.161 e. The molecule has 74 heavy (non-hydrogen) atoms. The molecule has 0 heterocycles. The van der Waals surface area contributed by atoms with Gasteiger partial charge in [0.25, 0.3) is 0 Å². The maximum absolute atomic E-state index is 6.57. The van der Waals surface area contributed by atoms with Crippen molar-refractivity contribution in [3.63, 3.8) is 0 Å². The monoisotopic (exact) mass is 1130 g/mol. The molecule has 4 nitrogen and oxygen atoms in total. The number of hydrogen-bond acceptors (Lipinski definition) is 9. The Bertz CT molecular complexity index is 1120. The van der Waals surface area contributed by atoms with Crippen molar-refractivity contribution >= 4 is 81.7 Å². The number of ether oxygens (including phenoxy) is 4. The summed E-state index contributed by atoms with van der Waals surface area (Å²) in [6.45, 7) is 9.87. The standard InChI is InChI=1S/C65H124O4S5/c1-5-9-13-17-21-25-29-33-37-41-45-49-53-60(70)66-57-65(58-67-61(71)54-50-46-42-38-34-30-26-22-18-14-10-6-2,59-68-62(72)55-51-47-43-39-35-31-27-23-19-15-11-7-3)64(74)69-63(73)56-52-48-44-40-36-32-28-24-20-16-12-8-4/h64,74H,5-59H2,1-4H3. The molecule has 0 fully saturated rings. The Balaban J connectivity index is 5.56. The number of thiol groups is 1. The molecule has 0 saturated carbocycles. The van der Waals surface area contributed by atoms with E-state index in [1.54, 1.807) is 0 Å².